The number of amides is 2. The topological polar surface area (TPSA) is 111 Å². The van der Waals surface area contributed by atoms with Crippen molar-refractivity contribution in [2.24, 2.45) is 5.73 Å². The highest BCUT2D eigenvalue weighted by atomic mass is 32.2. The molecule has 0 aliphatic rings. The van der Waals surface area contributed by atoms with Crippen molar-refractivity contribution < 1.29 is 18.4 Å². The van der Waals surface area contributed by atoms with Gasteiger partial charge in [0.1, 0.15) is 5.82 Å². The highest BCUT2D eigenvalue weighted by Gasteiger charge is 2.20. The second kappa shape index (κ2) is 8.00. The van der Waals surface area contributed by atoms with Crippen LogP contribution in [0.5, 0.6) is 0 Å². The minimum Gasteiger partial charge on any atom is -0.411 e. The van der Waals surface area contributed by atoms with Crippen LogP contribution < -0.4 is 11.1 Å². The lowest BCUT2D eigenvalue weighted by atomic mass is 10.2. The van der Waals surface area contributed by atoms with Crippen LogP contribution in [0.2, 0.25) is 0 Å². The number of nitrogens with zero attached hydrogens (tertiary/aromatic N) is 2. The predicted octanol–water partition coefficient (Wildman–Crippen LogP) is 3.09. The Morgan fingerprint density at radius 1 is 1.15 bits per heavy atom. The standard InChI is InChI=1S/C18H15FN4O3S/c1-10(16(25)21-12-8-6-11(7-9-12)15(20)24)27-18-23-22-17(26-18)13-4-2-3-5-14(13)19/h2-10H,1H3,(H2,20,24)(H,21,25)/t10-/m0/s1. The number of hydrogen-bond acceptors (Lipinski definition) is 6. The number of primary amides is 1. The Hall–Kier alpha value is -3.20. The van der Waals surface area contributed by atoms with Gasteiger partial charge >= 0.3 is 0 Å². The van der Waals surface area contributed by atoms with Gasteiger partial charge < -0.3 is 15.5 Å². The van der Waals surface area contributed by atoms with Crippen LogP contribution >= 0.6 is 11.8 Å². The second-order valence-corrected chi connectivity index (χ2v) is 6.84. The van der Waals surface area contributed by atoms with Gasteiger partial charge in [0.15, 0.2) is 0 Å². The summed E-state index contributed by atoms with van der Waals surface area (Å²) in [5.74, 6) is -1.26. The third kappa shape index (κ3) is 4.50. The highest BCUT2D eigenvalue weighted by molar-refractivity contribution is 8.00. The molecule has 1 heterocycles. The number of rotatable bonds is 6. The smallest absolute Gasteiger partial charge is 0.277 e. The van der Waals surface area contributed by atoms with Crippen molar-refractivity contribution in [3.8, 4) is 11.5 Å². The molecular weight excluding hydrogens is 371 g/mol. The van der Waals surface area contributed by atoms with Gasteiger partial charge in [-0.15, -0.1) is 10.2 Å². The first-order chi connectivity index (χ1) is 12.9. The minimum absolute atomic E-state index is 0.0465. The maximum Gasteiger partial charge on any atom is 0.277 e. The summed E-state index contributed by atoms with van der Waals surface area (Å²) in [5.41, 5.74) is 6.25. The van der Waals surface area contributed by atoms with E-state index in [2.05, 4.69) is 15.5 Å². The lowest BCUT2D eigenvalue weighted by molar-refractivity contribution is -0.115. The molecule has 0 fully saturated rings. The van der Waals surface area contributed by atoms with Crippen LogP contribution in [0.4, 0.5) is 10.1 Å². The molecule has 7 nitrogen and oxygen atoms in total. The Morgan fingerprint density at radius 3 is 2.52 bits per heavy atom. The zero-order valence-corrected chi connectivity index (χ0v) is 15.0. The number of thioether (sulfide) groups is 1. The summed E-state index contributed by atoms with van der Waals surface area (Å²) in [6.07, 6.45) is 0. The summed E-state index contributed by atoms with van der Waals surface area (Å²) < 4.78 is 19.2. The van der Waals surface area contributed by atoms with E-state index in [1.54, 1.807) is 31.2 Å². The number of nitrogens with one attached hydrogen (secondary N) is 1. The molecule has 3 N–H and O–H groups in total. The molecule has 2 amide bonds. The highest BCUT2D eigenvalue weighted by Crippen LogP contribution is 2.27. The van der Waals surface area contributed by atoms with Crippen molar-refractivity contribution in [3.05, 3.63) is 59.9 Å². The first-order valence-electron chi connectivity index (χ1n) is 7.90. The molecule has 0 saturated carbocycles. The first-order valence-corrected chi connectivity index (χ1v) is 8.78. The van der Waals surface area contributed by atoms with Crippen molar-refractivity contribution >= 4 is 29.3 Å². The van der Waals surface area contributed by atoms with Gasteiger partial charge in [0.2, 0.25) is 11.8 Å². The lowest BCUT2D eigenvalue weighted by Gasteiger charge is -2.10. The van der Waals surface area contributed by atoms with Crippen LogP contribution in [0.25, 0.3) is 11.5 Å². The molecular formula is C18H15FN4O3S. The zero-order valence-electron chi connectivity index (χ0n) is 14.2. The fourth-order valence-corrected chi connectivity index (χ4v) is 2.85. The number of carbonyl (C=O) groups is 2. The van der Waals surface area contributed by atoms with E-state index >= 15 is 0 Å². The van der Waals surface area contributed by atoms with Gasteiger partial charge in [0.25, 0.3) is 11.1 Å². The number of carbonyl (C=O) groups excluding carboxylic acids is 2. The van der Waals surface area contributed by atoms with Gasteiger partial charge in [-0.05, 0) is 43.3 Å². The Kier molecular flexibility index (Phi) is 5.51. The van der Waals surface area contributed by atoms with Crippen molar-refractivity contribution in [2.75, 3.05) is 5.32 Å². The minimum atomic E-state index is -0.547. The third-order valence-corrected chi connectivity index (χ3v) is 4.53. The van der Waals surface area contributed by atoms with Crippen molar-refractivity contribution in [3.63, 3.8) is 0 Å². The van der Waals surface area contributed by atoms with E-state index in [0.29, 0.717) is 11.3 Å². The summed E-state index contributed by atoms with van der Waals surface area (Å²) >= 11 is 1.05. The van der Waals surface area contributed by atoms with E-state index in [0.717, 1.165) is 11.8 Å². The molecule has 9 heteroatoms. The molecule has 0 spiro atoms. The van der Waals surface area contributed by atoms with Gasteiger partial charge in [0, 0.05) is 11.3 Å². The molecule has 1 atom stereocenters. The largest absolute Gasteiger partial charge is 0.411 e. The summed E-state index contributed by atoms with van der Waals surface area (Å²) in [7, 11) is 0. The van der Waals surface area contributed by atoms with Crippen LogP contribution in [0.1, 0.15) is 17.3 Å². The molecule has 0 bridgehead atoms. The van der Waals surface area contributed by atoms with Crippen LogP contribution in [0, 0.1) is 5.82 Å². The second-order valence-electron chi connectivity index (χ2n) is 5.54. The van der Waals surface area contributed by atoms with Crippen molar-refractivity contribution in [2.45, 2.75) is 17.4 Å². The quantitative estimate of drug-likeness (QED) is 0.630. The molecule has 3 rings (SSSR count). The number of nitrogens with two attached hydrogens (primary N) is 1. The molecule has 2 aromatic carbocycles. The lowest BCUT2D eigenvalue weighted by Crippen LogP contribution is -2.22. The van der Waals surface area contributed by atoms with E-state index in [1.165, 1.54) is 24.3 Å². The predicted molar refractivity (Wildman–Crippen MR) is 98.6 cm³/mol. The van der Waals surface area contributed by atoms with E-state index in [1.807, 2.05) is 0 Å². The maximum absolute atomic E-state index is 13.8. The molecule has 0 aliphatic carbocycles. The summed E-state index contributed by atoms with van der Waals surface area (Å²) in [5, 5.41) is 9.98. The van der Waals surface area contributed by atoms with E-state index in [9.17, 15) is 14.0 Å². The molecule has 27 heavy (non-hydrogen) atoms. The van der Waals surface area contributed by atoms with Crippen LogP contribution in [-0.2, 0) is 4.79 Å². The number of anilines is 1. The molecule has 3 aromatic rings. The SMILES string of the molecule is C[C@H](Sc1nnc(-c2ccccc2F)o1)C(=O)Nc1ccc(C(N)=O)cc1. The van der Waals surface area contributed by atoms with Gasteiger partial charge in [-0.1, -0.05) is 23.9 Å². The Labute approximate surface area is 158 Å². The summed E-state index contributed by atoms with van der Waals surface area (Å²) in [6, 6.07) is 12.3. The molecule has 1 aromatic heterocycles. The average Bonchev–Trinajstić information content (AvgIpc) is 3.10. The van der Waals surface area contributed by atoms with Crippen LogP contribution in [0.3, 0.4) is 0 Å². The van der Waals surface area contributed by atoms with E-state index in [4.69, 9.17) is 10.2 Å². The van der Waals surface area contributed by atoms with Crippen molar-refractivity contribution in [1.82, 2.24) is 10.2 Å². The molecule has 0 unspecified atom stereocenters. The van der Waals surface area contributed by atoms with Gasteiger partial charge in [0.05, 0.1) is 10.8 Å². The fourth-order valence-electron chi connectivity index (χ4n) is 2.17. The normalized spacial score (nSPS) is 11.8. The third-order valence-electron chi connectivity index (χ3n) is 3.59. The molecule has 138 valence electrons. The van der Waals surface area contributed by atoms with Gasteiger partial charge in [-0.2, -0.15) is 0 Å². The van der Waals surface area contributed by atoms with Crippen LogP contribution in [-0.4, -0.2) is 27.3 Å². The van der Waals surface area contributed by atoms with E-state index in [-0.39, 0.29) is 22.6 Å². The number of halogens is 1. The number of benzene rings is 2. The van der Waals surface area contributed by atoms with E-state index < -0.39 is 17.0 Å². The fraction of sp³-hybridized carbons (Fsp3) is 0.111. The Bertz CT molecular complexity index is 975. The molecule has 0 radical (unpaired) electrons. The van der Waals surface area contributed by atoms with Gasteiger partial charge in [-0.25, -0.2) is 4.39 Å². The van der Waals surface area contributed by atoms with Crippen LogP contribution in [0.15, 0.2) is 58.2 Å². The Morgan fingerprint density at radius 2 is 1.85 bits per heavy atom. The molecule has 0 aliphatic heterocycles. The summed E-state index contributed by atoms with van der Waals surface area (Å²) in [4.78, 5) is 23.3. The van der Waals surface area contributed by atoms with Crippen molar-refractivity contribution in [1.29, 1.82) is 0 Å². The summed E-state index contributed by atoms with van der Waals surface area (Å²) in [6.45, 7) is 1.67. The molecule has 0 saturated heterocycles. The first kappa shape index (κ1) is 18.6. The monoisotopic (exact) mass is 386 g/mol. The number of aromatic nitrogens is 2. The maximum atomic E-state index is 13.8. The zero-order chi connectivity index (χ0) is 19.4. The Balaban J connectivity index is 1.63. The average molecular weight is 386 g/mol. The van der Waals surface area contributed by atoms with Gasteiger partial charge in [-0.3, -0.25) is 9.59 Å². The number of hydrogen-bond donors (Lipinski definition) is 2.